The Hall–Kier alpha value is -1.34. The number of rotatable bonds is 3. The van der Waals surface area contributed by atoms with Gasteiger partial charge in [0.05, 0.1) is 18.0 Å². The summed E-state index contributed by atoms with van der Waals surface area (Å²) in [6.45, 7) is 8.68. The molecule has 6 nitrogen and oxygen atoms in total. The maximum atomic E-state index is 12.2. The van der Waals surface area contributed by atoms with Crippen LogP contribution in [0.2, 0.25) is 0 Å². The summed E-state index contributed by atoms with van der Waals surface area (Å²) in [6, 6.07) is 0. The van der Waals surface area contributed by atoms with E-state index in [0.29, 0.717) is 29.5 Å². The number of aromatic nitrogens is 2. The van der Waals surface area contributed by atoms with E-state index in [1.807, 2.05) is 18.7 Å². The van der Waals surface area contributed by atoms with E-state index in [9.17, 15) is 9.59 Å². The molecule has 2 atom stereocenters. The number of amides is 1. The average Bonchev–Trinajstić information content (AvgIpc) is 2.40. The van der Waals surface area contributed by atoms with Crippen molar-refractivity contribution in [2.45, 2.75) is 45.1 Å². The van der Waals surface area contributed by atoms with Crippen LogP contribution < -0.4 is 5.56 Å². The number of nitrogens with one attached hydrogen (secondary N) is 1. The van der Waals surface area contributed by atoms with Gasteiger partial charge in [0.1, 0.15) is 0 Å². The third-order valence-corrected chi connectivity index (χ3v) is 4.34. The molecule has 1 saturated heterocycles. The van der Waals surface area contributed by atoms with Gasteiger partial charge in [-0.1, -0.05) is 11.8 Å². The van der Waals surface area contributed by atoms with Crippen molar-refractivity contribution in [3.63, 3.8) is 0 Å². The number of carbonyl (C=O) groups is 1. The van der Waals surface area contributed by atoms with E-state index >= 15 is 0 Å². The van der Waals surface area contributed by atoms with E-state index < -0.39 is 0 Å². The monoisotopic (exact) mass is 311 g/mol. The van der Waals surface area contributed by atoms with Gasteiger partial charge in [0, 0.05) is 24.3 Å². The summed E-state index contributed by atoms with van der Waals surface area (Å²) in [4.78, 5) is 32.7. The van der Waals surface area contributed by atoms with Gasteiger partial charge in [-0.05, 0) is 27.7 Å². The molecule has 2 rings (SSSR count). The lowest BCUT2D eigenvalue weighted by atomic mass is 10.2. The van der Waals surface area contributed by atoms with Crippen molar-refractivity contribution < 1.29 is 9.53 Å². The fourth-order valence-electron chi connectivity index (χ4n) is 2.29. The predicted octanol–water partition coefficient (Wildman–Crippen LogP) is 1.11. The molecule has 21 heavy (non-hydrogen) atoms. The highest BCUT2D eigenvalue weighted by Crippen LogP contribution is 2.16. The Balaban J connectivity index is 1.96. The summed E-state index contributed by atoms with van der Waals surface area (Å²) >= 11 is 1.26. The summed E-state index contributed by atoms with van der Waals surface area (Å²) in [7, 11) is 0. The molecule has 1 aliphatic heterocycles. The van der Waals surface area contributed by atoms with Crippen LogP contribution in [0.5, 0.6) is 0 Å². The Morgan fingerprint density at radius 2 is 2.00 bits per heavy atom. The van der Waals surface area contributed by atoms with Gasteiger partial charge < -0.3 is 14.6 Å². The van der Waals surface area contributed by atoms with Crippen molar-refractivity contribution in [2.75, 3.05) is 18.8 Å². The van der Waals surface area contributed by atoms with Crippen molar-refractivity contribution in [1.82, 2.24) is 14.9 Å². The van der Waals surface area contributed by atoms with Crippen molar-refractivity contribution in [1.29, 1.82) is 0 Å². The molecule has 0 bridgehead atoms. The van der Waals surface area contributed by atoms with Crippen LogP contribution in [-0.2, 0) is 9.53 Å². The zero-order chi connectivity index (χ0) is 15.6. The van der Waals surface area contributed by atoms with Crippen LogP contribution in [0.4, 0.5) is 0 Å². The van der Waals surface area contributed by atoms with Crippen LogP contribution in [0.1, 0.15) is 25.1 Å². The van der Waals surface area contributed by atoms with Crippen LogP contribution in [0.15, 0.2) is 9.95 Å². The minimum absolute atomic E-state index is 0.0443. The SMILES string of the molecule is Cc1nc(SCC(=O)N2C[C@H](C)O[C@@H](C)C2)[nH]c(=O)c1C. The number of H-pyrrole nitrogens is 1. The van der Waals surface area contributed by atoms with Crippen molar-refractivity contribution in [3.05, 3.63) is 21.6 Å². The normalized spacial score (nSPS) is 22.4. The first-order chi connectivity index (χ1) is 9.86. The predicted molar refractivity (Wildman–Crippen MR) is 81.6 cm³/mol. The average molecular weight is 311 g/mol. The molecule has 1 fully saturated rings. The van der Waals surface area contributed by atoms with Gasteiger partial charge in [-0.15, -0.1) is 0 Å². The van der Waals surface area contributed by atoms with Gasteiger partial charge in [-0.2, -0.15) is 0 Å². The van der Waals surface area contributed by atoms with Gasteiger partial charge in [0.15, 0.2) is 5.16 Å². The van der Waals surface area contributed by atoms with Crippen LogP contribution >= 0.6 is 11.8 Å². The molecular weight excluding hydrogens is 290 g/mol. The minimum Gasteiger partial charge on any atom is -0.372 e. The van der Waals surface area contributed by atoms with E-state index in [-0.39, 0.29) is 29.4 Å². The maximum absolute atomic E-state index is 12.2. The molecule has 0 radical (unpaired) electrons. The zero-order valence-electron chi connectivity index (χ0n) is 12.8. The van der Waals surface area contributed by atoms with E-state index in [4.69, 9.17) is 4.74 Å². The minimum atomic E-state index is -0.147. The molecule has 0 unspecified atom stereocenters. The second-order valence-corrected chi connectivity index (χ2v) is 6.39. The lowest BCUT2D eigenvalue weighted by molar-refractivity contribution is -0.140. The Morgan fingerprint density at radius 3 is 2.57 bits per heavy atom. The Kier molecular flexibility index (Phi) is 5.05. The third-order valence-electron chi connectivity index (χ3n) is 3.48. The number of aryl methyl sites for hydroxylation is 1. The zero-order valence-corrected chi connectivity index (χ0v) is 13.6. The molecular formula is C14H21N3O3S. The van der Waals surface area contributed by atoms with E-state index in [2.05, 4.69) is 9.97 Å². The number of hydrogen-bond acceptors (Lipinski definition) is 5. The van der Waals surface area contributed by atoms with E-state index in [1.54, 1.807) is 13.8 Å². The molecule has 0 aliphatic carbocycles. The van der Waals surface area contributed by atoms with Gasteiger partial charge in [0.25, 0.3) is 5.56 Å². The van der Waals surface area contributed by atoms with E-state index in [0.717, 1.165) is 0 Å². The van der Waals surface area contributed by atoms with Gasteiger partial charge in [-0.3, -0.25) is 9.59 Å². The lowest BCUT2D eigenvalue weighted by Crippen LogP contribution is -2.48. The summed E-state index contributed by atoms with van der Waals surface area (Å²) < 4.78 is 5.61. The number of carbonyl (C=O) groups excluding carboxylic acids is 1. The van der Waals surface area contributed by atoms with Crippen LogP contribution in [0.3, 0.4) is 0 Å². The first-order valence-electron chi connectivity index (χ1n) is 7.00. The highest BCUT2D eigenvalue weighted by atomic mass is 32.2. The topological polar surface area (TPSA) is 75.3 Å². The highest BCUT2D eigenvalue weighted by molar-refractivity contribution is 7.99. The number of nitrogens with zero attached hydrogens (tertiary/aromatic N) is 2. The standard InChI is InChI=1S/C14H21N3O3S/c1-8-5-17(6-9(2)20-8)12(18)7-21-14-15-11(4)10(3)13(19)16-14/h8-9H,5-7H2,1-4H3,(H,15,16,19)/t8-,9-/m0/s1. The van der Waals surface area contributed by atoms with Crippen LogP contribution in [-0.4, -0.2) is 51.8 Å². The van der Waals surface area contributed by atoms with Crippen molar-refractivity contribution in [2.24, 2.45) is 0 Å². The number of aromatic amines is 1. The van der Waals surface area contributed by atoms with Crippen molar-refractivity contribution in [3.8, 4) is 0 Å². The van der Waals surface area contributed by atoms with Crippen LogP contribution in [0, 0.1) is 13.8 Å². The van der Waals surface area contributed by atoms with Gasteiger partial charge >= 0.3 is 0 Å². The van der Waals surface area contributed by atoms with E-state index in [1.165, 1.54) is 11.8 Å². The fourth-order valence-corrected chi connectivity index (χ4v) is 3.10. The Bertz CT molecular complexity index is 577. The van der Waals surface area contributed by atoms with Crippen molar-refractivity contribution >= 4 is 17.7 Å². The smallest absolute Gasteiger partial charge is 0.254 e. The lowest BCUT2D eigenvalue weighted by Gasteiger charge is -2.35. The molecule has 0 spiro atoms. The summed E-state index contributed by atoms with van der Waals surface area (Å²) in [5, 5.41) is 0.491. The Labute approximate surface area is 128 Å². The summed E-state index contributed by atoms with van der Waals surface area (Å²) in [5.74, 6) is 0.313. The molecule has 1 aromatic heterocycles. The third kappa shape index (κ3) is 4.07. The molecule has 116 valence electrons. The molecule has 7 heteroatoms. The second kappa shape index (κ2) is 6.62. The molecule has 0 aromatic carbocycles. The molecule has 1 aromatic rings. The maximum Gasteiger partial charge on any atom is 0.254 e. The fraction of sp³-hybridized carbons (Fsp3) is 0.643. The Morgan fingerprint density at radius 1 is 1.38 bits per heavy atom. The number of hydrogen-bond donors (Lipinski definition) is 1. The van der Waals surface area contributed by atoms with Gasteiger partial charge in [0.2, 0.25) is 5.91 Å². The van der Waals surface area contributed by atoms with Gasteiger partial charge in [-0.25, -0.2) is 4.98 Å². The number of thioether (sulfide) groups is 1. The molecule has 1 N–H and O–H groups in total. The quantitative estimate of drug-likeness (QED) is 0.668. The molecule has 1 aliphatic rings. The first-order valence-corrected chi connectivity index (χ1v) is 7.99. The number of morpholine rings is 1. The number of ether oxygens (including phenoxy) is 1. The van der Waals surface area contributed by atoms with Crippen LogP contribution in [0.25, 0.3) is 0 Å². The summed E-state index contributed by atoms with van der Waals surface area (Å²) in [5.41, 5.74) is 1.16. The summed E-state index contributed by atoms with van der Waals surface area (Å²) in [6.07, 6.45) is 0.115. The molecule has 0 saturated carbocycles. The molecule has 2 heterocycles. The molecule has 1 amide bonds. The first kappa shape index (κ1) is 16.0. The largest absolute Gasteiger partial charge is 0.372 e. The highest BCUT2D eigenvalue weighted by Gasteiger charge is 2.25. The second-order valence-electron chi connectivity index (χ2n) is 5.43.